The van der Waals surface area contributed by atoms with E-state index in [0.717, 1.165) is 14.9 Å². The second-order valence-corrected chi connectivity index (χ2v) is 6.68. The van der Waals surface area contributed by atoms with Gasteiger partial charge in [-0.05, 0) is 46.6 Å². The number of hydrogen-bond acceptors (Lipinski definition) is 2. The van der Waals surface area contributed by atoms with Crippen LogP contribution in [0.15, 0.2) is 34.1 Å². The van der Waals surface area contributed by atoms with Crippen LogP contribution in [0.3, 0.4) is 0 Å². The summed E-state index contributed by atoms with van der Waals surface area (Å²) in [5.41, 5.74) is 1.59. The van der Waals surface area contributed by atoms with Crippen LogP contribution in [0.2, 0.25) is 5.02 Å². The summed E-state index contributed by atoms with van der Waals surface area (Å²) in [6, 6.07) is 7.42. The molecule has 1 amide bonds. The zero-order valence-corrected chi connectivity index (χ0v) is 13.8. The summed E-state index contributed by atoms with van der Waals surface area (Å²) in [5, 5.41) is 2.63. The molecule has 0 saturated heterocycles. The minimum Gasteiger partial charge on any atom is -0.337 e. The predicted octanol–water partition coefficient (Wildman–Crippen LogP) is 4.74. The van der Waals surface area contributed by atoms with E-state index in [1.54, 1.807) is 29.4 Å². The van der Waals surface area contributed by atoms with E-state index in [2.05, 4.69) is 15.9 Å². The number of amides is 1. The number of carbonyl (C=O) groups excluding carboxylic acids is 1. The van der Waals surface area contributed by atoms with Gasteiger partial charge in [-0.1, -0.05) is 17.7 Å². The van der Waals surface area contributed by atoms with Gasteiger partial charge in [0, 0.05) is 32.4 Å². The zero-order chi connectivity index (χ0) is 14.0. The smallest absolute Gasteiger partial charge is 0.253 e. The van der Waals surface area contributed by atoms with Crippen LogP contribution in [0.4, 0.5) is 0 Å². The molecule has 19 heavy (non-hydrogen) atoms. The van der Waals surface area contributed by atoms with Crippen LogP contribution in [-0.2, 0) is 6.54 Å². The molecule has 0 spiro atoms. The Kier molecular flexibility index (Phi) is 4.66. The van der Waals surface area contributed by atoms with Gasteiger partial charge in [0.2, 0.25) is 0 Å². The number of benzene rings is 1. The number of aryl methyl sites for hydroxylation is 1. The largest absolute Gasteiger partial charge is 0.337 e. The van der Waals surface area contributed by atoms with Crippen LogP contribution >= 0.6 is 38.9 Å². The molecule has 0 atom stereocenters. The molecule has 2 nitrogen and oxygen atoms in total. The number of hydrogen-bond donors (Lipinski definition) is 0. The van der Waals surface area contributed by atoms with Gasteiger partial charge < -0.3 is 4.90 Å². The Hall–Kier alpha value is -0.840. The first kappa shape index (κ1) is 14.6. The van der Waals surface area contributed by atoms with Crippen LogP contribution in [0.1, 0.15) is 20.8 Å². The molecule has 100 valence electrons. The van der Waals surface area contributed by atoms with Gasteiger partial charge in [-0.15, -0.1) is 11.3 Å². The van der Waals surface area contributed by atoms with Crippen LogP contribution in [0.5, 0.6) is 0 Å². The summed E-state index contributed by atoms with van der Waals surface area (Å²) in [5.74, 6) is -0.0218. The monoisotopic (exact) mass is 357 g/mol. The maximum absolute atomic E-state index is 12.3. The molecule has 0 unspecified atom stereocenters. The van der Waals surface area contributed by atoms with E-state index in [1.165, 1.54) is 0 Å². The summed E-state index contributed by atoms with van der Waals surface area (Å²) in [6.45, 7) is 2.52. The second-order valence-electron chi connectivity index (χ2n) is 4.36. The molecular weight excluding hydrogens is 346 g/mol. The van der Waals surface area contributed by atoms with E-state index in [-0.39, 0.29) is 5.91 Å². The molecule has 0 aliphatic heterocycles. The normalized spacial score (nSPS) is 10.5. The second kappa shape index (κ2) is 6.07. The first-order chi connectivity index (χ1) is 8.97. The lowest BCUT2D eigenvalue weighted by atomic mass is 10.1. The lowest BCUT2D eigenvalue weighted by molar-refractivity contribution is 0.0786. The van der Waals surface area contributed by atoms with Crippen molar-refractivity contribution in [3.63, 3.8) is 0 Å². The third-order valence-corrected chi connectivity index (χ3v) is 4.87. The number of rotatable bonds is 3. The van der Waals surface area contributed by atoms with Crippen molar-refractivity contribution in [3.8, 4) is 0 Å². The summed E-state index contributed by atoms with van der Waals surface area (Å²) < 4.78 is 1.05. The molecule has 5 heteroatoms. The van der Waals surface area contributed by atoms with Crippen molar-refractivity contribution in [3.05, 3.63) is 55.1 Å². The fourth-order valence-corrected chi connectivity index (χ4v) is 3.37. The van der Waals surface area contributed by atoms with Crippen molar-refractivity contribution in [2.75, 3.05) is 7.05 Å². The molecule has 0 bridgehead atoms. The van der Waals surface area contributed by atoms with Crippen molar-refractivity contribution in [2.45, 2.75) is 13.5 Å². The standard InChI is InChI=1S/C14H13BrClNOS/c1-9-3-4-10(5-13(9)16)14(18)17(2)7-12-6-11(15)8-19-12/h3-6,8H,7H2,1-2H3. The van der Waals surface area contributed by atoms with Crippen LogP contribution in [0, 0.1) is 6.92 Å². The molecule has 1 aromatic heterocycles. The molecule has 2 rings (SSSR count). The van der Waals surface area contributed by atoms with Crippen molar-refractivity contribution in [2.24, 2.45) is 0 Å². The number of carbonyl (C=O) groups is 1. The minimum absolute atomic E-state index is 0.0218. The lowest BCUT2D eigenvalue weighted by Gasteiger charge is -2.16. The first-order valence-corrected chi connectivity index (χ1v) is 7.77. The summed E-state index contributed by atoms with van der Waals surface area (Å²) in [4.78, 5) is 15.1. The Balaban J connectivity index is 2.12. The number of halogens is 2. The fourth-order valence-electron chi connectivity index (χ4n) is 1.69. The Morgan fingerprint density at radius 1 is 1.42 bits per heavy atom. The highest BCUT2D eigenvalue weighted by Crippen LogP contribution is 2.22. The van der Waals surface area contributed by atoms with Gasteiger partial charge in [0.05, 0.1) is 6.54 Å². The molecule has 0 aliphatic rings. The fraction of sp³-hybridized carbons (Fsp3) is 0.214. The van der Waals surface area contributed by atoms with Gasteiger partial charge >= 0.3 is 0 Å². The van der Waals surface area contributed by atoms with Crippen LogP contribution < -0.4 is 0 Å². The average Bonchev–Trinajstić information content (AvgIpc) is 2.77. The molecular formula is C14H13BrClNOS. The van der Waals surface area contributed by atoms with E-state index in [4.69, 9.17) is 11.6 Å². The third-order valence-electron chi connectivity index (χ3n) is 2.78. The van der Waals surface area contributed by atoms with Gasteiger partial charge in [0.1, 0.15) is 0 Å². The summed E-state index contributed by atoms with van der Waals surface area (Å²) in [6.07, 6.45) is 0. The van der Waals surface area contributed by atoms with Gasteiger partial charge in [0.15, 0.2) is 0 Å². The molecule has 0 N–H and O–H groups in total. The predicted molar refractivity (Wildman–Crippen MR) is 84.0 cm³/mol. The molecule has 0 aliphatic carbocycles. The maximum Gasteiger partial charge on any atom is 0.253 e. The minimum atomic E-state index is -0.0218. The quantitative estimate of drug-likeness (QED) is 0.775. The van der Waals surface area contributed by atoms with E-state index < -0.39 is 0 Å². The molecule has 2 aromatic rings. The highest BCUT2D eigenvalue weighted by Gasteiger charge is 2.13. The Morgan fingerprint density at radius 2 is 2.16 bits per heavy atom. The van der Waals surface area contributed by atoms with Crippen molar-refractivity contribution >= 4 is 44.8 Å². The van der Waals surface area contributed by atoms with E-state index >= 15 is 0 Å². The summed E-state index contributed by atoms with van der Waals surface area (Å²) in [7, 11) is 1.80. The van der Waals surface area contributed by atoms with E-state index in [1.807, 2.05) is 30.5 Å². The molecule has 0 saturated carbocycles. The Morgan fingerprint density at radius 3 is 2.74 bits per heavy atom. The van der Waals surface area contributed by atoms with Gasteiger partial charge in [-0.2, -0.15) is 0 Å². The van der Waals surface area contributed by atoms with E-state index in [0.29, 0.717) is 17.1 Å². The first-order valence-electron chi connectivity index (χ1n) is 5.72. The number of nitrogens with zero attached hydrogens (tertiary/aromatic N) is 1. The average molecular weight is 359 g/mol. The number of thiophene rings is 1. The van der Waals surface area contributed by atoms with Crippen LogP contribution in [0.25, 0.3) is 0 Å². The SMILES string of the molecule is Cc1ccc(C(=O)N(C)Cc2cc(Br)cs2)cc1Cl. The molecule has 0 fully saturated rings. The van der Waals surface area contributed by atoms with E-state index in [9.17, 15) is 4.79 Å². The lowest BCUT2D eigenvalue weighted by Crippen LogP contribution is -2.25. The van der Waals surface area contributed by atoms with Crippen LogP contribution in [-0.4, -0.2) is 17.9 Å². The highest BCUT2D eigenvalue weighted by atomic mass is 79.9. The van der Waals surface area contributed by atoms with Crippen molar-refractivity contribution in [1.29, 1.82) is 0 Å². The topological polar surface area (TPSA) is 20.3 Å². The third kappa shape index (κ3) is 3.59. The summed E-state index contributed by atoms with van der Waals surface area (Å²) >= 11 is 11.1. The maximum atomic E-state index is 12.3. The zero-order valence-electron chi connectivity index (χ0n) is 10.6. The van der Waals surface area contributed by atoms with Crippen molar-refractivity contribution < 1.29 is 4.79 Å². The van der Waals surface area contributed by atoms with Gasteiger partial charge in [-0.25, -0.2) is 0 Å². The van der Waals surface area contributed by atoms with Crippen molar-refractivity contribution in [1.82, 2.24) is 4.90 Å². The van der Waals surface area contributed by atoms with Gasteiger partial charge in [-0.3, -0.25) is 4.79 Å². The Bertz CT molecular complexity index is 611. The van der Waals surface area contributed by atoms with Gasteiger partial charge in [0.25, 0.3) is 5.91 Å². The Labute approximate surface area is 130 Å². The highest BCUT2D eigenvalue weighted by molar-refractivity contribution is 9.10. The molecule has 1 aromatic carbocycles. The molecule has 1 heterocycles. The molecule has 0 radical (unpaired) electrons.